The number of amides is 1. The molecule has 146 valence electrons. The molecule has 1 unspecified atom stereocenters. The van der Waals surface area contributed by atoms with E-state index in [-0.39, 0.29) is 30.1 Å². The zero-order valence-electron chi connectivity index (χ0n) is 14.8. The summed E-state index contributed by atoms with van der Waals surface area (Å²) < 4.78 is 29.2. The molecule has 4 nitrogen and oxygen atoms in total. The summed E-state index contributed by atoms with van der Waals surface area (Å²) in [5.74, 6) is 0.913. The van der Waals surface area contributed by atoms with Crippen LogP contribution in [0, 0.1) is 5.92 Å². The number of carbonyl (C=O) groups excluding carboxylic acids is 1. The highest BCUT2D eigenvalue weighted by atomic mass is 35.5. The molecule has 0 saturated carbocycles. The van der Waals surface area contributed by atoms with Crippen molar-refractivity contribution in [3.63, 3.8) is 0 Å². The first kappa shape index (κ1) is 20.9. The minimum Gasteiger partial charge on any atom is -0.435 e. The highest BCUT2D eigenvalue weighted by molar-refractivity contribution is 5.85. The predicted molar refractivity (Wildman–Crippen MR) is 99.0 cm³/mol. The van der Waals surface area contributed by atoms with Crippen molar-refractivity contribution in [2.75, 3.05) is 13.1 Å². The van der Waals surface area contributed by atoms with Crippen LogP contribution in [0.4, 0.5) is 8.78 Å². The molecule has 1 aromatic carbocycles. The van der Waals surface area contributed by atoms with Gasteiger partial charge in [0.1, 0.15) is 5.75 Å². The molecule has 1 aliphatic carbocycles. The number of ether oxygens (including phenoxy) is 1. The van der Waals surface area contributed by atoms with E-state index in [1.807, 2.05) is 6.07 Å². The van der Waals surface area contributed by atoms with Crippen LogP contribution < -0.4 is 15.4 Å². The number of piperidine rings is 1. The molecule has 0 aromatic heterocycles. The van der Waals surface area contributed by atoms with Gasteiger partial charge >= 0.3 is 6.61 Å². The number of halogens is 3. The average molecular weight is 389 g/mol. The number of benzene rings is 1. The Balaban J connectivity index is 0.00000243. The van der Waals surface area contributed by atoms with Crippen LogP contribution in [0.5, 0.6) is 5.75 Å². The SMILES string of the molecule is Cl.O=C(CCC1CCNCC1)NC1CCCc2cc(OC(F)F)ccc21. The summed E-state index contributed by atoms with van der Waals surface area (Å²) in [6, 6.07) is 5.02. The van der Waals surface area contributed by atoms with E-state index >= 15 is 0 Å². The summed E-state index contributed by atoms with van der Waals surface area (Å²) in [5, 5.41) is 6.47. The van der Waals surface area contributed by atoms with Gasteiger partial charge in [-0.3, -0.25) is 4.79 Å². The van der Waals surface area contributed by atoms with Gasteiger partial charge in [-0.1, -0.05) is 6.07 Å². The molecule has 1 aliphatic heterocycles. The van der Waals surface area contributed by atoms with Gasteiger partial charge in [-0.2, -0.15) is 8.78 Å². The summed E-state index contributed by atoms with van der Waals surface area (Å²) in [4.78, 5) is 12.3. The summed E-state index contributed by atoms with van der Waals surface area (Å²) in [5.41, 5.74) is 2.02. The van der Waals surface area contributed by atoms with Crippen LogP contribution in [0.1, 0.15) is 55.7 Å². The van der Waals surface area contributed by atoms with E-state index in [1.165, 1.54) is 0 Å². The van der Waals surface area contributed by atoms with Crippen LogP contribution in [-0.4, -0.2) is 25.6 Å². The standard InChI is InChI=1S/C19H26F2N2O2.ClH/c20-19(21)25-15-5-6-16-14(12-15)2-1-3-17(16)23-18(24)7-4-13-8-10-22-11-9-13;/h5-6,12-13,17,19,22H,1-4,7-11H2,(H,23,24);1H. The van der Waals surface area contributed by atoms with Crippen molar-refractivity contribution in [3.8, 4) is 5.75 Å². The molecule has 2 N–H and O–H groups in total. The first-order valence-corrected chi connectivity index (χ1v) is 9.19. The molecule has 0 spiro atoms. The van der Waals surface area contributed by atoms with Crippen molar-refractivity contribution < 1.29 is 18.3 Å². The average Bonchev–Trinajstić information content (AvgIpc) is 2.60. The Labute approximate surface area is 159 Å². The van der Waals surface area contributed by atoms with Gasteiger partial charge in [0.15, 0.2) is 0 Å². The molecule has 1 aromatic rings. The maximum Gasteiger partial charge on any atom is 0.387 e. The van der Waals surface area contributed by atoms with E-state index in [1.54, 1.807) is 12.1 Å². The van der Waals surface area contributed by atoms with Crippen molar-refractivity contribution in [2.24, 2.45) is 5.92 Å². The summed E-state index contributed by atoms with van der Waals surface area (Å²) in [7, 11) is 0. The second-order valence-corrected chi connectivity index (χ2v) is 6.98. The first-order chi connectivity index (χ1) is 12.1. The molecule has 1 atom stereocenters. The summed E-state index contributed by atoms with van der Waals surface area (Å²) >= 11 is 0. The number of hydrogen-bond donors (Lipinski definition) is 2. The number of alkyl halides is 2. The number of nitrogens with one attached hydrogen (secondary N) is 2. The largest absolute Gasteiger partial charge is 0.435 e. The lowest BCUT2D eigenvalue weighted by molar-refractivity contribution is -0.122. The third-order valence-corrected chi connectivity index (χ3v) is 5.23. The van der Waals surface area contributed by atoms with Crippen molar-refractivity contribution in [1.82, 2.24) is 10.6 Å². The third-order valence-electron chi connectivity index (χ3n) is 5.23. The second-order valence-electron chi connectivity index (χ2n) is 6.98. The number of hydrogen-bond acceptors (Lipinski definition) is 3. The second kappa shape index (κ2) is 10.1. The Bertz CT molecular complexity index is 595. The Morgan fingerprint density at radius 2 is 2.04 bits per heavy atom. The number of rotatable bonds is 6. The van der Waals surface area contributed by atoms with Crippen molar-refractivity contribution >= 4 is 18.3 Å². The molecule has 26 heavy (non-hydrogen) atoms. The van der Waals surface area contributed by atoms with E-state index in [2.05, 4.69) is 15.4 Å². The van der Waals surface area contributed by atoms with Crippen LogP contribution >= 0.6 is 12.4 Å². The lowest BCUT2D eigenvalue weighted by Gasteiger charge is -2.27. The lowest BCUT2D eigenvalue weighted by Crippen LogP contribution is -2.32. The molecule has 1 saturated heterocycles. The zero-order chi connectivity index (χ0) is 17.6. The van der Waals surface area contributed by atoms with Gasteiger partial charge in [-0.25, -0.2) is 0 Å². The summed E-state index contributed by atoms with van der Waals surface area (Å²) in [6.07, 6.45) is 6.44. The maximum atomic E-state index is 12.4. The fraction of sp³-hybridized carbons (Fsp3) is 0.632. The van der Waals surface area contributed by atoms with Gasteiger partial charge in [0.05, 0.1) is 6.04 Å². The third kappa shape index (κ3) is 5.81. The highest BCUT2D eigenvalue weighted by Gasteiger charge is 2.23. The fourth-order valence-corrected chi connectivity index (χ4v) is 3.89. The van der Waals surface area contributed by atoms with E-state index in [4.69, 9.17) is 0 Å². The Kier molecular flexibility index (Phi) is 8.10. The molecule has 7 heteroatoms. The van der Waals surface area contributed by atoms with Crippen LogP contribution in [0.2, 0.25) is 0 Å². The van der Waals surface area contributed by atoms with E-state index < -0.39 is 6.61 Å². The van der Waals surface area contributed by atoms with Crippen LogP contribution in [0.3, 0.4) is 0 Å². The predicted octanol–water partition coefficient (Wildman–Crippen LogP) is 3.98. The smallest absolute Gasteiger partial charge is 0.387 e. The van der Waals surface area contributed by atoms with Gasteiger partial charge < -0.3 is 15.4 Å². The molecule has 0 bridgehead atoms. The van der Waals surface area contributed by atoms with E-state index in [0.29, 0.717) is 12.3 Å². The Hall–Kier alpha value is -1.40. The maximum absolute atomic E-state index is 12.4. The topological polar surface area (TPSA) is 50.4 Å². The van der Waals surface area contributed by atoms with E-state index in [9.17, 15) is 13.6 Å². The zero-order valence-corrected chi connectivity index (χ0v) is 15.6. The van der Waals surface area contributed by atoms with Crippen LogP contribution in [0.15, 0.2) is 18.2 Å². The molecule has 1 fully saturated rings. The molecular weight excluding hydrogens is 362 g/mol. The fourth-order valence-electron chi connectivity index (χ4n) is 3.89. The Morgan fingerprint density at radius 1 is 1.27 bits per heavy atom. The lowest BCUT2D eigenvalue weighted by atomic mass is 9.87. The molecule has 1 amide bonds. The molecule has 3 rings (SSSR count). The monoisotopic (exact) mass is 388 g/mol. The van der Waals surface area contributed by atoms with Crippen molar-refractivity contribution in [2.45, 2.75) is 57.6 Å². The van der Waals surface area contributed by atoms with Gasteiger partial charge in [0.2, 0.25) is 5.91 Å². The van der Waals surface area contributed by atoms with Crippen molar-refractivity contribution in [1.29, 1.82) is 0 Å². The first-order valence-electron chi connectivity index (χ1n) is 9.19. The Morgan fingerprint density at radius 3 is 2.77 bits per heavy atom. The number of carbonyl (C=O) groups is 1. The normalized spacial score (nSPS) is 20.2. The van der Waals surface area contributed by atoms with E-state index in [0.717, 1.165) is 62.7 Å². The summed E-state index contributed by atoms with van der Waals surface area (Å²) in [6.45, 7) is -0.719. The number of aryl methyl sites for hydroxylation is 1. The minimum atomic E-state index is -2.81. The molecule has 2 aliphatic rings. The highest BCUT2D eigenvalue weighted by Crippen LogP contribution is 2.32. The van der Waals surface area contributed by atoms with Gasteiger partial charge in [0.25, 0.3) is 0 Å². The van der Waals surface area contributed by atoms with Gasteiger partial charge in [-0.15, -0.1) is 12.4 Å². The molecular formula is C19H27ClF2N2O2. The van der Waals surface area contributed by atoms with Gasteiger partial charge in [-0.05, 0) is 80.8 Å². The molecule has 0 radical (unpaired) electrons. The van der Waals surface area contributed by atoms with Crippen LogP contribution in [-0.2, 0) is 11.2 Å². The van der Waals surface area contributed by atoms with Crippen LogP contribution in [0.25, 0.3) is 0 Å². The number of fused-ring (bicyclic) bond motifs is 1. The van der Waals surface area contributed by atoms with Crippen molar-refractivity contribution in [3.05, 3.63) is 29.3 Å². The van der Waals surface area contributed by atoms with Gasteiger partial charge in [0, 0.05) is 6.42 Å². The minimum absolute atomic E-state index is 0. The molecule has 1 heterocycles. The quantitative estimate of drug-likeness (QED) is 0.774.